The molecule has 0 aromatic carbocycles. The fraction of sp³-hybridized carbons (Fsp3) is 0.846. The van der Waals surface area contributed by atoms with E-state index in [4.69, 9.17) is 18.0 Å². The van der Waals surface area contributed by atoms with Crippen LogP contribution in [-0.4, -0.2) is 28.4 Å². The fourth-order valence-corrected chi connectivity index (χ4v) is 2.60. The van der Waals surface area contributed by atoms with Gasteiger partial charge in [-0.05, 0) is 39.0 Å². The number of carbonyl (C=O) groups excluding carboxylic acids is 1. The summed E-state index contributed by atoms with van der Waals surface area (Å²) in [6, 6.07) is 0.288. The van der Waals surface area contributed by atoms with Crippen molar-refractivity contribution in [1.82, 2.24) is 4.90 Å². The maximum atomic E-state index is 12.6. The summed E-state index contributed by atoms with van der Waals surface area (Å²) < 4.78 is 0. The molecule has 98 valence electrons. The second-order valence-electron chi connectivity index (χ2n) is 5.41. The summed E-state index contributed by atoms with van der Waals surface area (Å²) in [5, 5.41) is 0. The predicted molar refractivity (Wildman–Crippen MR) is 74.8 cm³/mol. The smallest absolute Gasteiger partial charge is 0.235 e. The maximum Gasteiger partial charge on any atom is 0.235 e. The Morgan fingerprint density at radius 1 is 1.53 bits per heavy atom. The zero-order chi connectivity index (χ0) is 13.2. The van der Waals surface area contributed by atoms with Crippen LogP contribution in [0.25, 0.3) is 0 Å². The van der Waals surface area contributed by atoms with E-state index in [1.165, 1.54) is 6.42 Å². The number of amides is 1. The third-order valence-electron chi connectivity index (χ3n) is 4.36. The quantitative estimate of drug-likeness (QED) is 0.788. The van der Waals surface area contributed by atoms with Gasteiger partial charge in [-0.1, -0.05) is 26.1 Å². The molecular weight excluding hydrogens is 232 g/mol. The van der Waals surface area contributed by atoms with Gasteiger partial charge in [0.05, 0.1) is 10.4 Å². The first-order chi connectivity index (χ1) is 7.84. The largest absolute Gasteiger partial charge is 0.392 e. The van der Waals surface area contributed by atoms with E-state index in [9.17, 15) is 4.79 Å². The number of piperidine rings is 1. The van der Waals surface area contributed by atoms with Crippen molar-refractivity contribution >= 4 is 23.1 Å². The Hall–Kier alpha value is -0.640. The Morgan fingerprint density at radius 2 is 2.12 bits per heavy atom. The van der Waals surface area contributed by atoms with E-state index >= 15 is 0 Å². The molecule has 0 saturated carbocycles. The zero-order valence-electron chi connectivity index (χ0n) is 11.3. The maximum absolute atomic E-state index is 12.6. The highest BCUT2D eigenvalue weighted by Gasteiger charge is 2.41. The zero-order valence-corrected chi connectivity index (χ0v) is 12.1. The van der Waals surface area contributed by atoms with Gasteiger partial charge in [-0.15, -0.1) is 0 Å². The molecule has 1 heterocycles. The highest BCUT2D eigenvalue weighted by Crippen LogP contribution is 2.30. The van der Waals surface area contributed by atoms with Crippen molar-refractivity contribution in [2.45, 2.75) is 53.0 Å². The molecule has 3 nitrogen and oxygen atoms in total. The number of likely N-dealkylation sites (tertiary alicyclic amines) is 1. The lowest BCUT2D eigenvalue weighted by atomic mass is 9.83. The van der Waals surface area contributed by atoms with E-state index in [0.717, 1.165) is 13.0 Å². The van der Waals surface area contributed by atoms with E-state index in [0.29, 0.717) is 17.3 Å². The second-order valence-corrected chi connectivity index (χ2v) is 5.85. The summed E-state index contributed by atoms with van der Waals surface area (Å²) in [5.41, 5.74) is 5.07. The molecular formula is C13H24N2OS. The molecule has 0 spiro atoms. The molecule has 17 heavy (non-hydrogen) atoms. The Labute approximate surface area is 110 Å². The first-order valence-electron chi connectivity index (χ1n) is 6.45. The van der Waals surface area contributed by atoms with Gasteiger partial charge in [-0.2, -0.15) is 0 Å². The predicted octanol–water partition coefficient (Wildman–Crippen LogP) is 2.34. The van der Waals surface area contributed by atoms with E-state index in [2.05, 4.69) is 13.8 Å². The number of thiocarbonyl (C=S) groups is 1. The van der Waals surface area contributed by atoms with Crippen LogP contribution in [0.5, 0.6) is 0 Å². The van der Waals surface area contributed by atoms with Gasteiger partial charge in [0.25, 0.3) is 0 Å². The van der Waals surface area contributed by atoms with Gasteiger partial charge < -0.3 is 10.6 Å². The fourth-order valence-electron chi connectivity index (χ4n) is 2.37. The Morgan fingerprint density at radius 3 is 2.59 bits per heavy atom. The summed E-state index contributed by atoms with van der Waals surface area (Å²) >= 11 is 5.07. The molecule has 1 aliphatic rings. The summed E-state index contributed by atoms with van der Waals surface area (Å²) in [6.45, 7) is 8.99. The SMILES string of the molecule is CCC(C)(C(=O)N1CCCC(C)C1C)C(N)=S. The van der Waals surface area contributed by atoms with E-state index in [-0.39, 0.29) is 11.9 Å². The number of nitrogens with zero attached hydrogens (tertiary/aromatic N) is 1. The van der Waals surface area contributed by atoms with Gasteiger partial charge in [0.15, 0.2) is 0 Å². The molecule has 0 aromatic rings. The number of hydrogen-bond donors (Lipinski definition) is 1. The van der Waals surface area contributed by atoms with Crippen LogP contribution in [0.15, 0.2) is 0 Å². The van der Waals surface area contributed by atoms with Crippen LogP contribution >= 0.6 is 12.2 Å². The average Bonchev–Trinajstić information content (AvgIpc) is 2.30. The molecule has 0 aliphatic carbocycles. The summed E-state index contributed by atoms with van der Waals surface area (Å²) in [6.07, 6.45) is 2.94. The van der Waals surface area contributed by atoms with Crippen LogP contribution in [0, 0.1) is 11.3 Å². The van der Waals surface area contributed by atoms with Gasteiger partial charge in [0, 0.05) is 12.6 Å². The van der Waals surface area contributed by atoms with Gasteiger partial charge >= 0.3 is 0 Å². The van der Waals surface area contributed by atoms with Crippen LogP contribution in [0.4, 0.5) is 0 Å². The van der Waals surface area contributed by atoms with Crippen molar-refractivity contribution in [2.24, 2.45) is 17.1 Å². The summed E-state index contributed by atoms with van der Waals surface area (Å²) in [4.78, 5) is 14.9. The van der Waals surface area contributed by atoms with Crippen LogP contribution in [0.1, 0.15) is 47.0 Å². The standard InChI is InChI=1S/C13H24N2OS/c1-5-13(4,11(14)17)12(16)15-8-6-7-9(2)10(15)3/h9-10H,5-8H2,1-4H3,(H2,14,17). The number of hydrogen-bond acceptors (Lipinski definition) is 2. The van der Waals surface area contributed by atoms with E-state index in [1.807, 2.05) is 18.7 Å². The highest BCUT2D eigenvalue weighted by molar-refractivity contribution is 7.80. The lowest BCUT2D eigenvalue weighted by Gasteiger charge is -2.42. The number of nitrogens with two attached hydrogens (primary N) is 1. The molecule has 0 radical (unpaired) electrons. The molecule has 3 atom stereocenters. The van der Waals surface area contributed by atoms with Crippen molar-refractivity contribution in [3.05, 3.63) is 0 Å². The Bertz CT molecular complexity index is 319. The van der Waals surface area contributed by atoms with Crippen LogP contribution in [-0.2, 0) is 4.79 Å². The first kappa shape index (κ1) is 14.4. The molecule has 1 amide bonds. The molecule has 1 saturated heterocycles. The van der Waals surface area contributed by atoms with Crippen LogP contribution in [0.2, 0.25) is 0 Å². The van der Waals surface area contributed by atoms with Crippen molar-refractivity contribution in [1.29, 1.82) is 0 Å². The van der Waals surface area contributed by atoms with E-state index in [1.54, 1.807) is 0 Å². The first-order valence-corrected chi connectivity index (χ1v) is 6.86. The topological polar surface area (TPSA) is 46.3 Å². The Kier molecular flexibility index (Phi) is 4.53. The molecule has 4 heteroatoms. The normalized spacial score (nSPS) is 28.6. The van der Waals surface area contributed by atoms with Crippen molar-refractivity contribution < 1.29 is 4.79 Å². The highest BCUT2D eigenvalue weighted by atomic mass is 32.1. The molecule has 2 N–H and O–H groups in total. The molecule has 0 bridgehead atoms. The van der Waals surface area contributed by atoms with Gasteiger partial charge in [-0.3, -0.25) is 4.79 Å². The number of carbonyl (C=O) groups is 1. The lowest BCUT2D eigenvalue weighted by molar-refractivity contribution is -0.142. The molecule has 1 rings (SSSR count). The van der Waals surface area contributed by atoms with E-state index < -0.39 is 5.41 Å². The van der Waals surface area contributed by atoms with Crippen molar-refractivity contribution in [3.8, 4) is 0 Å². The average molecular weight is 256 g/mol. The van der Waals surface area contributed by atoms with Crippen LogP contribution < -0.4 is 5.73 Å². The molecule has 3 unspecified atom stereocenters. The molecule has 0 aromatic heterocycles. The summed E-state index contributed by atoms with van der Waals surface area (Å²) in [5.74, 6) is 0.659. The van der Waals surface area contributed by atoms with Gasteiger partial charge in [0.2, 0.25) is 5.91 Å². The van der Waals surface area contributed by atoms with Crippen LogP contribution in [0.3, 0.4) is 0 Å². The third-order valence-corrected chi connectivity index (χ3v) is 4.81. The lowest BCUT2D eigenvalue weighted by Crippen LogP contribution is -2.54. The minimum Gasteiger partial charge on any atom is -0.392 e. The third kappa shape index (κ3) is 2.62. The van der Waals surface area contributed by atoms with Gasteiger partial charge in [0.1, 0.15) is 0 Å². The van der Waals surface area contributed by atoms with Crippen molar-refractivity contribution in [2.75, 3.05) is 6.54 Å². The molecule has 1 fully saturated rings. The minimum atomic E-state index is -0.680. The number of rotatable bonds is 3. The van der Waals surface area contributed by atoms with Crippen molar-refractivity contribution in [3.63, 3.8) is 0 Å². The minimum absolute atomic E-state index is 0.103. The second kappa shape index (κ2) is 5.34. The Balaban J connectivity index is 2.91. The summed E-state index contributed by atoms with van der Waals surface area (Å²) in [7, 11) is 0. The monoisotopic (exact) mass is 256 g/mol. The van der Waals surface area contributed by atoms with Gasteiger partial charge in [-0.25, -0.2) is 0 Å². The molecule has 1 aliphatic heterocycles.